The Morgan fingerprint density at radius 1 is 1.15 bits per heavy atom. The van der Waals surface area contributed by atoms with Crippen LogP contribution in [-0.2, 0) is 22.6 Å². The third-order valence-electron chi connectivity index (χ3n) is 4.23. The number of pyridine rings is 1. The highest BCUT2D eigenvalue weighted by Gasteiger charge is 2.21. The number of anilines is 2. The lowest BCUT2D eigenvalue weighted by molar-refractivity contribution is -0.132. The number of rotatable bonds is 2. The van der Waals surface area contributed by atoms with Gasteiger partial charge in [0, 0.05) is 36.0 Å². The van der Waals surface area contributed by atoms with E-state index in [2.05, 4.69) is 25.5 Å². The zero-order valence-corrected chi connectivity index (χ0v) is 15.0. The van der Waals surface area contributed by atoms with Gasteiger partial charge in [-0.1, -0.05) is 18.2 Å². The second kappa shape index (κ2) is 6.81. The minimum atomic E-state index is -0.742. The van der Waals surface area contributed by atoms with Crippen molar-refractivity contribution >= 4 is 44.9 Å². The smallest absolute Gasteiger partial charge is 0.315 e. The summed E-state index contributed by atoms with van der Waals surface area (Å²) in [4.78, 5) is 36.5. The van der Waals surface area contributed by atoms with Crippen LogP contribution in [0, 0.1) is 0 Å². The van der Waals surface area contributed by atoms with Crippen LogP contribution in [0.5, 0.6) is 0 Å². The molecule has 0 aliphatic carbocycles. The fraction of sp³-hybridized carbons (Fsp3) is 0.222. The lowest BCUT2D eigenvalue weighted by Gasteiger charge is -2.20. The maximum absolute atomic E-state index is 12.3. The Kier molecular flexibility index (Phi) is 4.36. The Labute approximate surface area is 154 Å². The van der Waals surface area contributed by atoms with Crippen molar-refractivity contribution in [2.45, 2.75) is 13.0 Å². The van der Waals surface area contributed by atoms with Crippen molar-refractivity contribution in [2.75, 3.05) is 24.2 Å². The molecule has 7 nitrogen and oxygen atoms in total. The topological polar surface area (TPSA) is 87.2 Å². The third kappa shape index (κ3) is 3.29. The van der Waals surface area contributed by atoms with Gasteiger partial charge in [-0.3, -0.25) is 19.9 Å². The third-order valence-corrected chi connectivity index (χ3v) is 5.23. The lowest BCUT2D eigenvalue weighted by atomic mass is 10.2. The average Bonchev–Trinajstić information content (AvgIpc) is 3.03. The van der Waals surface area contributed by atoms with Gasteiger partial charge in [-0.15, -0.1) is 11.3 Å². The van der Waals surface area contributed by atoms with Crippen molar-refractivity contribution in [1.29, 1.82) is 0 Å². The number of nitrogens with one attached hydrogen (secondary N) is 2. The maximum atomic E-state index is 12.3. The van der Waals surface area contributed by atoms with Gasteiger partial charge >= 0.3 is 11.8 Å². The van der Waals surface area contributed by atoms with Crippen LogP contribution in [-0.4, -0.2) is 40.3 Å². The summed E-state index contributed by atoms with van der Waals surface area (Å²) in [5.74, 6) is -1.48. The number of hydrogen-bond acceptors (Lipinski definition) is 6. The van der Waals surface area contributed by atoms with Crippen molar-refractivity contribution in [3.05, 3.63) is 47.1 Å². The van der Waals surface area contributed by atoms with E-state index in [0.717, 1.165) is 35.5 Å². The number of nitrogens with zero attached hydrogens (tertiary/aromatic N) is 3. The second-order valence-electron chi connectivity index (χ2n) is 6.17. The first-order valence-corrected chi connectivity index (χ1v) is 9.05. The van der Waals surface area contributed by atoms with Crippen molar-refractivity contribution in [2.24, 2.45) is 0 Å². The van der Waals surface area contributed by atoms with Gasteiger partial charge in [-0.2, -0.15) is 0 Å². The number of aromatic nitrogens is 2. The number of thiazole rings is 1. The highest BCUT2D eigenvalue weighted by molar-refractivity contribution is 7.16. The molecule has 0 saturated carbocycles. The standard InChI is InChI=1S/C18H17N5O2S/c1-23-9-7-12-14(10-23)26-18(21-12)22-17(25)16(24)20-13-6-2-4-11-5-3-8-19-15(11)13/h2-6,8H,7,9-10H2,1H3,(H,20,24)(H,21,22,25). The summed E-state index contributed by atoms with van der Waals surface area (Å²) in [6, 6.07) is 9.15. The Balaban J connectivity index is 1.47. The van der Waals surface area contributed by atoms with E-state index < -0.39 is 11.8 Å². The van der Waals surface area contributed by atoms with E-state index in [1.54, 1.807) is 12.3 Å². The van der Waals surface area contributed by atoms with E-state index in [1.165, 1.54) is 11.3 Å². The van der Waals surface area contributed by atoms with Gasteiger partial charge in [0.15, 0.2) is 5.13 Å². The molecule has 4 rings (SSSR count). The summed E-state index contributed by atoms with van der Waals surface area (Å²) >= 11 is 1.42. The van der Waals surface area contributed by atoms with Crippen molar-refractivity contribution in [3.63, 3.8) is 0 Å². The summed E-state index contributed by atoms with van der Waals surface area (Å²) in [5, 5.41) is 6.58. The van der Waals surface area contributed by atoms with Gasteiger partial charge in [-0.25, -0.2) is 4.98 Å². The maximum Gasteiger partial charge on any atom is 0.315 e. The number of amides is 2. The van der Waals surface area contributed by atoms with Crippen LogP contribution in [0.25, 0.3) is 10.9 Å². The molecule has 0 atom stereocenters. The molecule has 2 N–H and O–H groups in total. The number of hydrogen-bond donors (Lipinski definition) is 2. The number of carbonyl (C=O) groups is 2. The minimum absolute atomic E-state index is 0.460. The van der Waals surface area contributed by atoms with E-state index in [0.29, 0.717) is 16.3 Å². The molecule has 0 saturated heterocycles. The van der Waals surface area contributed by atoms with Crippen LogP contribution in [0.2, 0.25) is 0 Å². The van der Waals surface area contributed by atoms with Gasteiger partial charge in [0.25, 0.3) is 0 Å². The quantitative estimate of drug-likeness (QED) is 0.679. The summed E-state index contributed by atoms with van der Waals surface area (Å²) in [5.41, 5.74) is 2.15. The van der Waals surface area contributed by atoms with Gasteiger partial charge in [-0.05, 0) is 19.2 Å². The largest absolute Gasteiger partial charge is 0.316 e. The summed E-state index contributed by atoms with van der Waals surface area (Å²) < 4.78 is 0. The molecule has 2 amide bonds. The van der Waals surface area contributed by atoms with Crippen LogP contribution < -0.4 is 10.6 Å². The molecular formula is C18H17N5O2S. The Hall–Kier alpha value is -2.84. The van der Waals surface area contributed by atoms with E-state index in [9.17, 15) is 9.59 Å². The monoisotopic (exact) mass is 367 g/mol. The van der Waals surface area contributed by atoms with Gasteiger partial charge in [0.2, 0.25) is 0 Å². The predicted octanol–water partition coefficient (Wildman–Crippen LogP) is 2.26. The predicted molar refractivity (Wildman–Crippen MR) is 101 cm³/mol. The molecule has 0 spiro atoms. The summed E-state index contributed by atoms with van der Waals surface area (Å²) in [7, 11) is 2.05. The van der Waals surface area contributed by atoms with Gasteiger partial charge in [0.1, 0.15) is 0 Å². The number of likely N-dealkylation sites (N-methyl/N-ethyl adjacent to an activating group) is 1. The number of carbonyl (C=O) groups excluding carboxylic acids is 2. The lowest BCUT2D eigenvalue weighted by Crippen LogP contribution is -2.29. The molecule has 2 aromatic heterocycles. The number of para-hydroxylation sites is 1. The van der Waals surface area contributed by atoms with Crippen molar-refractivity contribution in [1.82, 2.24) is 14.9 Å². The van der Waals surface area contributed by atoms with E-state index >= 15 is 0 Å². The molecule has 1 aromatic carbocycles. The minimum Gasteiger partial charge on any atom is -0.316 e. The SMILES string of the molecule is CN1CCc2nc(NC(=O)C(=O)Nc3cccc4cccnc34)sc2C1. The summed E-state index contributed by atoms with van der Waals surface area (Å²) in [6.45, 7) is 1.76. The molecular weight excluding hydrogens is 350 g/mol. The molecule has 8 heteroatoms. The van der Waals surface area contributed by atoms with Crippen molar-refractivity contribution in [3.8, 4) is 0 Å². The first kappa shape index (κ1) is 16.6. The number of benzene rings is 1. The van der Waals surface area contributed by atoms with Crippen LogP contribution in [0.3, 0.4) is 0 Å². The normalized spacial score (nSPS) is 14.0. The Morgan fingerprint density at radius 2 is 1.96 bits per heavy atom. The van der Waals surface area contributed by atoms with Crippen LogP contribution in [0.4, 0.5) is 10.8 Å². The molecule has 26 heavy (non-hydrogen) atoms. The molecule has 1 aliphatic heterocycles. The van der Waals surface area contributed by atoms with Crippen molar-refractivity contribution < 1.29 is 9.59 Å². The fourth-order valence-electron chi connectivity index (χ4n) is 2.91. The van der Waals surface area contributed by atoms with Crippen LogP contribution >= 0.6 is 11.3 Å². The average molecular weight is 367 g/mol. The van der Waals surface area contributed by atoms with Crippen LogP contribution in [0.1, 0.15) is 10.6 Å². The molecule has 3 heterocycles. The van der Waals surface area contributed by atoms with Gasteiger partial charge < -0.3 is 10.2 Å². The first-order chi connectivity index (χ1) is 12.6. The second-order valence-corrected chi connectivity index (χ2v) is 7.25. The molecule has 1 aliphatic rings. The molecule has 0 bridgehead atoms. The summed E-state index contributed by atoms with van der Waals surface area (Å²) in [6.07, 6.45) is 2.50. The Bertz CT molecular complexity index is 995. The van der Waals surface area contributed by atoms with Gasteiger partial charge in [0.05, 0.1) is 16.9 Å². The van der Waals surface area contributed by atoms with E-state index in [4.69, 9.17) is 0 Å². The molecule has 3 aromatic rings. The zero-order chi connectivity index (χ0) is 18.1. The first-order valence-electron chi connectivity index (χ1n) is 8.23. The van der Waals surface area contributed by atoms with E-state index in [-0.39, 0.29) is 0 Å². The molecule has 0 radical (unpaired) electrons. The highest BCUT2D eigenvalue weighted by atomic mass is 32.1. The molecule has 132 valence electrons. The highest BCUT2D eigenvalue weighted by Crippen LogP contribution is 2.27. The molecule has 0 unspecified atom stereocenters. The molecule has 0 fully saturated rings. The van der Waals surface area contributed by atoms with E-state index in [1.807, 2.05) is 31.3 Å². The number of fused-ring (bicyclic) bond motifs is 2. The fourth-order valence-corrected chi connectivity index (χ4v) is 4.00. The Morgan fingerprint density at radius 3 is 2.85 bits per heavy atom. The zero-order valence-electron chi connectivity index (χ0n) is 14.2. The van der Waals surface area contributed by atoms with Crippen LogP contribution in [0.15, 0.2) is 36.5 Å².